The summed E-state index contributed by atoms with van der Waals surface area (Å²) in [4.78, 5) is 17.0. The molecule has 0 aliphatic carbocycles. The Balaban J connectivity index is 2.77. The third-order valence-electron chi connectivity index (χ3n) is 2.41. The molecule has 0 atom stereocenters. The molecule has 0 aliphatic heterocycles. The molecule has 4 nitrogen and oxygen atoms in total. The maximum atomic E-state index is 10.6. The lowest BCUT2D eigenvalue weighted by Gasteiger charge is -2.25. The maximum Gasteiger partial charge on any atom is 0.305 e. The van der Waals surface area contributed by atoms with E-state index in [0.717, 1.165) is 17.9 Å². The summed E-state index contributed by atoms with van der Waals surface area (Å²) in [6, 6.07) is 3.93. The summed E-state index contributed by atoms with van der Waals surface area (Å²) in [7, 11) is 0. The summed E-state index contributed by atoms with van der Waals surface area (Å²) in [6.45, 7) is 7.57. The molecule has 1 aromatic heterocycles. The van der Waals surface area contributed by atoms with Crippen LogP contribution in [-0.4, -0.2) is 29.1 Å². The average Bonchev–Trinajstić information content (AvgIpc) is 2.23. The molecular formula is C13H20N2O2. The van der Waals surface area contributed by atoms with Gasteiger partial charge >= 0.3 is 5.97 Å². The molecule has 0 aliphatic rings. The van der Waals surface area contributed by atoms with Crippen molar-refractivity contribution in [2.75, 3.05) is 18.0 Å². The molecule has 0 bridgehead atoms. The molecule has 1 rings (SSSR count). The second-order valence-corrected chi connectivity index (χ2v) is 4.67. The molecule has 0 radical (unpaired) electrons. The fourth-order valence-corrected chi connectivity index (χ4v) is 1.66. The van der Waals surface area contributed by atoms with Crippen molar-refractivity contribution >= 4 is 11.8 Å². The van der Waals surface area contributed by atoms with Gasteiger partial charge in [0.2, 0.25) is 0 Å². The number of nitrogens with zero attached hydrogens (tertiary/aromatic N) is 2. The molecule has 0 fully saturated rings. The van der Waals surface area contributed by atoms with Crippen LogP contribution in [0.25, 0.3) is 0 Å². The highest BCUT2D eigenvalue weighted by atomic mass is 16.4. The second-order valence-electron chi connectivity index (χ2n) is 4.67. The number of hydrogen-bond acceptors (Lipinski definition) is 3. The number of carboxylic acids is 1. The standard InChI is InChI=1S/C13H20N2O2/c1-10(2)9-15(7-5-13(16)17)12-8-11(3)4-6-14-12/h4,6,8,10H,5,7,9H2,1-3H3,(H,16,17). The van der Waals surface area contributed by atoms with E-state index in [1.54, 1.807) is 6.20 Å². The van der Waals surface area contributed by atoms with Crippen LogP contribution in [0.4, 0.5) is 5.82 Å². The summed E-state index contributed by atoms with van der Waals surface area (Å²) in [6.07, 6.45) is 1.90. The number of aryl methyl sites for hydroxylation is 1. The first-order valence-electron chi connectivity index (χ1n) is 5.88. The smallest absolute Gasteiger partial charge is 0.305 e. The van der Waals surface area contributed by atoms with Crippen molar-refractivity contribution < 1.29 is 9.90 Å². The number of aromatic nitrogens is 1. The predicted octanol–water partition coefficient (Wildman–Crippen LogP) is 2.33. The molecule has 0 unspecified atom stereocenters. The van der Waals surface area contributed by atoms with Gasteiger partial charge in [-0.05, 0) is 30.5 Å². The zero-order chi connectivity index (χ0) is 12.8. The molecule has 0 saturated carbocycles. The van der Waals surface area contributed by atoms with Crippen LogP contribution >= 0.6 is 0 Å². The van der Waals surface area contributed by atoms with Crippen LogP contribution < -0.4 is 4.90 Å². The normalized spacial score (nSPS) is 10.6. The molecule has 17 heavy (non-hydrogen) atoms. The Kier molecular flexibility index (Phi) is 4.94. The highest BCUT2D eigenvalue weighted by molar-refractivity contribution is 5.67. The van der Waals surface area contributed by atoms with Crippen molar-refractivity contribution in [3.63, 3.8) is 0 Å². The number of aliphatic carboxylic acids is 1. The van der Waals surface area contributed by atoms with Gasteiger partial charge in [-0.25, -0.2) is 4.98 Å². The van der Waals surface area contributed by atoms with E-state index in [0.29, 0.717) is 12.5 Å². The molecule has 0 saturated heterocycles. The van der Waals surface area contributed by atoms with E-state index in [9.17, 15) is 4.79 Å². The van der Waals surface area contributed by atoms with Gasteiger partial charge in [0.25, 0.3) is 0 Å². The Hall–Kier alpha value is -1.58. The first kappa shape index (κ1) is 13.5. The van der Waals surface area contributed by atoms with Crippen molar-refractivity contribution in [3.8, 4) is 0 Å². The summed E-state index contributed by atoms with van der Waals surface area (Å²) < 4.78 is 0. The van der Waals surface area contributed by atoms with Gasteiger partial charge in [0.1, 0.15) is 5.82 Å². The molecule has 94 valence electrons. The third kappa shape index (κ3) is 4.85. The minimum absolute atomic E-state index is 0.141. The average molecular weight is 236 g/mol. The highest BCUT2D eigenvalue weighted by Gasteiger charge is 2.11. The molecule has 0 amide bonds. The van der Waals surface area contributed by atoms with Crippen molar-refractivity contribution in [2.45, 2.75) is 27.2 Å². The van der Waals surface area contributed by atoms with E-state index in [2.05, 4.69) is 18.8 Å². The molecule has 4 heteroatoms. The van der Waals surface area contributed by atoms with Gasteiger partial charge in [0.05, 0.1) is 6.42 Å². The van der Waals surface area contributed by atoms with Crippen LogP contribution in [0.15, 0.2) is 18.3 Å². The van der Waals surface area contributed by atoms with Crippen molar-refractivity contribution in [1.29, 1.82) is 0 Å². The van der Waals surface area contributed by atoms with Crippen LogP contribution in [0, 0.1) is 12.8 Å². The lowest BCUT2D eigenvalue weighted by atomic mass is 10.2. The Morgan fingerprint density at radius 2 is 2.24 bits per heavy atom. The topological polar surface area (TPSA) is 53.4 Å². The maximum absolute atomic E-state index is 10.6. The van der Waals surface area contributed by atoms with Gasteiger partial charge in [-0.15, -0.1) is 0 Å². The van der Waals surface area contributed by atoms with Crippen LogP contribution in [0.3, 0.4) is 0 Å². The van der Waals surface area contributed by atoms with Crippen LogP contribution in [0.1, 0.15) is 25.8 Å². The number of carboxylic acid groups (broad SMARTS) is 1. The largest absolute Gasteiger partial charge is 0.481 e. The van der Waals surface area contributed by atoms with Crippen LogP contribution in [0.2, 0.25) is 0 Å². The minimum atomic E-state index is -0.772. The Morgan fingerprint density at radius 1 is 1.53 bits per heavy atom. The number of hydrogen-bond donors (Lipinski definition) is 1. The third-order valence-corrected chi connectivity index (χ3v) is 2.41. The summed E-state index contributed by atoms with van der Waals surface area (Å²) in [5, 5.41) is 8.75. The molecule has 1 heterocycles. The first-order chi connectivity index (χ1) is 7.99. The second kappa shape index (κ2) is 6.23. The summed E-state index contributed by atoms with van der Waals surface area (Å²) in [5.74, 6) is 0.567. The summed E-state index contributed by atoms with van der Waals surface area (Å²) >= 11 is 0. The van der Waals surface area contributed by atoms with Gasteiger partial charge in [-0.2, -0.15) is 0 Å². The van der Waals surface area contributed by atoms with Crippen LogP contribution in [-0.2, 0) is 4.79 Å². The lowest BCUT2D eigenvalue weighted by molar-refractivity contribution is -0.136. The Bertz CT molecular complexity index is 377. The minimum Gasteiger partial charge on any atom is -0.481 e. The SMILES string of the molecule is Cc1ccnc(N(CCC(=O)O)CC(C)C)c1. The van der Waals surface area contributed by atoms with E-state index in [1.165, 1.54) is 0 Å². The highest BCUT2D eigenvalue weighted by Crippen LogP contribution is 2.14. The summed E-state index contributed by atoms with van der Waals surface area (Å²) in [5.41, 5.74) is 1.14. The Labute approximate surface area is 102 Å². The van der Waals surface area contributed by atoms with Gasteiger partial charge in [-0.3, -0.25) is 4.79 Å². The van der Waals surface area contributed by atoms with E-state index in [1.807, 2.05) is 24.0 Å². The van der Waals surface area contributed by atoms with Crippen molar-refractivity contribution in [1.82, 2.24) is 4.98 Å². The molecule has 0 spiro atoms. The zero-order valence-corrected chi connectivity index (χ0v) is 10.7. The molecule has 0 aromatic carbocycles. The van der Waals surface area contributed by atoms with Gasteiger partial charge in [0.15, 0.2) is 0 Å². The Morgan fingerprint density at radius 3 is 2.76 bits per heavy atom. The monoisotopic (exact) mass is 236 g/mol. The van der Waals surface area contributed by atoms with E-state index in [4.69, 9.17) is 5.11 Å². The molecule has 1 aromatic rings. The fourth-order valence-electron chi connectivity index (χ4n) is 1.66. The van der Waals surface area contributed by atoms with Crippen LogP contribution in [0.5, 0.6) is 0 Å². The number of carbonyl (C=O) groups is 1. The van der Waals surface area contributed by atoms with Gasteiger partial charge in [-0.1, -0.05) is 13.8 Å². The van der Waals surface area contributed by atoms with Crippen molar-refractivity contribution in [3.05, 3.63) is 23.9 Å². The number of pyridine rings is 1. The molecular weight excluding hydrogens is 216 g/mol. The molecule has 1 N–H and O–H groups in total. The van der Waals surface area contributed by atoms with E-state index >= 15 is 0 Å². The van der Waals surface area contributed by atoms with E-state index < -0.39 is 5.97 Å². The first-order valence-corrected chi connectivity index (χ1v) is 5.88. The van der Waals surface area contributed by atoms with Gasteiger partial charge < -0.3 is 10.0 Å². The van der Waals surface area contributed by atoms with Crippen molar-refractivity contribution in [2.24, 2.45) is 5.92 Å². The van der Waals surface area contributed by atoms with E-state index in [-0.39, 0.29) is 6.42 Å². The van der Waals surface area contributed by atoms with Gasteiger partial charge in [0, 0.05) is 19.3 Å². The number of rotatable bonds is 6. The number of anilines is 1. The fraction of sp³-hybridized carbons (Fsp3) is 0.538. The predicted molar refractivity (Wildman–Crippen MR) is 68.3 cm³/mol. The lowest BCUT2D eigenvalue weighted by Crippen LogP contribution is -2.30. The zero-order valence-electron chi connectivity index (χ0n) is 10.7. The quantitative estimate of drug-likeness (QED) is 0.823.